The van der Waals surface area contributed by atoms with Crippen molar-refractivity contribution in [3.05, 3.63) is 77.0 Å². The molecule has 2 aliphatic heterocycles. The maximum Gasteiger partial charge on any atom is 0.208 e. The fourth-order valence-electron chi connectivity index (χ4n) is 5.32. The highest BCUT2D eigenvalue weighted by molar-refractivity contribution is 5.78. The predicted octanol–water partition coefficient (Wildman–Crippen LogP) is 5.16. The third kappa shape index (κ3) is 3.60. The number of rotatable bonds is 5. The SMILES string of the molecule is Cc1cn2c(NCc3c(F)ccc4c3CCO4)ncc(-c3ccc(C4CCCN4C)cc3)c2n1. The minimum atomic E-state index is -0.223. The van der Waals surface area contributed by atoms with Gasteiger partial charge in [0.2, 0.25) is 5.95 Å². The van der Waals surface area contributed by atoms with E-state index >= 15 is 0 Å². The molecule has 0 saturated carbocycles. The Bertz CT molecular complexity index is 1360. The molecule has 1 saturated heterocycles. The number of likely N-dealkylation sites (tertiary alicyclic amines) is 1. The molecule has 174 valence electrons. The lowest BCUT2D eigenvalue weighted by atomic mass is 10.0. The number of hydrogen-bond acceptors (Lipinski definition) is 5. The van der Waals surface area contributed by atoms with E-state index in [1.165, 1.54) is 24.5 Å². The molecule has 1 fully saturated rings. The van der Waals surface area contributed by atoms with E-state index in [-0.39, 0.29) is 5.82 Å². The van der Waals surface area contributed by atoms with E-state index in [4.69, 9.17) is 14.7 Å². The third-order valence-electron chi connectivity index (χ3n) is 7.10. The van der Waals surface area contributed by atoms with Crippen molar-refractivity contribution in [1.29, 1.82) is 0 Å². The van der Waals surface area contributed by atoms with E-state index in [1.54, 1.807) is 6.07 Å². The molecule has 0 radical (unpaired) electrons. The zero-order valence-corrected chi connectivity index (χ0v) is 19.5. The van der Waals surface area contributed by atoms with Crippen LogP contribution < -0.4 is 10.1 Å². The number of benzene rings is 2. The van der Waals surface area contributed by atoms with Crippen LogP contribution in [0.3, 0.4) is 0 Å². The molecule has 4 aromatic rings. The van der Waals surface area contributed by atoms with E-state index in [9.17, 15) is 4.39 Å². The fraction of sp³-hybridized carbons (Fsp3) is 0.333. The van der Waals surface area contributed by atoms with Crippen molar-refractivity contribution in [3.8, 4) is 16.9 Å². The lowest BCUT2D eigenvalue weighted by Gasteiger charge is -2.20. The Balaban J connectivity index is 1.31. The van der Waals surface area contributed by atoms with E-state index in [0.717, 1.165) is 46.7 Å². The number of halogens is 1. The molecule has 0 bridgehead atoms. The van der Waals surface area contributed by atoms with Crippen LogP contribution in [-0.4, -0.2) is 39.5 Å². The molecule has 1 N–H and O–H groups in total. The lowest BCUT2D eigenvalue weighted by Crippen LogP contribution is -2.17. The summed E-state index contributed by atoms with van der Waals surface area (Å²) in [5, 5.41) is 3.33. The topological polar surface area (TPSA) is 54.7 Å². The molecule has 7 heteroatoms. The van der Waals surface area contributed by atoms with Crippen molar-refractivity contribution < 1.29 is 9.13 Å². The van der Waals surface area contributed by atoms with Gasteiger partial charge in [-0.3, -0.25) is 9.30 Å². The molecule has 34 heavy (non-hydrogen) atoms. The van der Waals surface area contributed by atoms with E-state index in [0.29, 0.717) is 30.7 Å². The molecule has 1 atom stereocenters. The number of fused-ring (bicyclic) bond motifs is 2. The second-order valence-corrected chi connectivity index (χ2v) is 9.29. The first-order valence-electron chi connectivity index (χ1n) is 11.9. The summed E-state index contributed by atoms with van der Waals surface area (Å²) in [6.07, 6.45) is 7.00. The summed E-state index contributed by atoms with van der Waals surface area (Å²) in [5.41, 5.74) is 6.73. The van der Waals surface area contributed by atoms with E-state index in [2.05, 4.69) is 41.5 Å². The van der Waals surface area contributed by atoms with Gasteiger partial charge in [0.25, 0.3) is 0 Å². The molecule has 2 aromatic heterocycles. The van der Waals surface area contributed by atoms with Gasteiger partial charge >= 0.3 is 0 Å². The van der Waals surface area contributed by atoms with Gasteiger partial charge in [-0.2, -0.15) is 0 Å². The van der Waals surface area contributed by atoms with Gasteiger partial charge in [-0.25, -0.2) is 14.4 Å². The van der Waals surface area contributed by atoms with Gasteiger partial charge in [0.15, 0.2) is 0 Å². The van der Waals surface area contributed by atoms with Gasteiger partial charge in [0, 0.05) is 48.1 Å². The maximum absolute atomic E-state index is 14.6. The van der Waals surface area contributed by atoms with Gasteiger partial charge in [-0.15, -0.1) is 0 Å². The quantitative estimate of drug-likeness (QED) is 0.449. The average Bonchev–Trinajstić information content (AvgIpc) is 3.58. The van der Waals surface area contributed by atoms with Crippen LogP contribution in [0.2, 0.25) is 0 Å². The first-order chi connectivity index (χ1) is 16.6. The molecule has 4 heterocycles. The highest BCUT2D eigenvalue weighted by Crippen LogP contribution is 2.33. The number of aromatic nitrogens is 3. The maximum atomic E-state index is 14.6. The monoisotopic (exact) mass is 457 g/mol. The molecular weight excluding hydrogens is 429 g/mol. The molecular formula is C27H28FN5O. The number of nitrogens with zero attached hydrogens (tertiary/aromatic N) is 4. The van der Waals surface area contributed by atoms with Crippen LogP contribution in [-0.2, 0) is 13.0 Å². The zero-order valence-electron chi connectivity index (χ0n) is 19.5. The number of imidazole rings is 1. The van der Waals surface area contributed by atoms with Crippen LogP contribution in [0.4, 0.5) is 10.3 Å². The van der Waals surface area contributed by atoms with Crippen LogP contribution in [0.15, 0.2) is 48.8 Å². The fourth-order valence-corrected chi connectivity index (χ4v) is 5.32. The first kappa shape index (κ1) is 21.1. The lowest BCUT2D eigenvalue weighted by molar-refractivity contribution is 0.317. The Labute approximate surface area is 198 Å². The van der Waals surface area contributed by atoms with Crippen molar-refractivity contribution in [2.24, 2.45) is 0 Å². The molecule has 2 aliphatic rings. The Kier molecular flexibility index (Phi) is 5.21. The average molecular weight is 458 g/mol. The van der Waals surface area contributed by atoms with Crippen molar-refractivity contribution in [2.45, 2.75) is 38.8 Å². The van der Waals surface area contributed by atoms with Crippen LogP contribution >= 0.6 is 0 Å². The Morgan fingerprint density at radius 1 is 1.18 bits per heavy atom. The van der Waals surface area contributed by atoms with Gasteiger partial charge in [0.05, 0.1) is 12.3 Å². The van der Waals surface area contributed by atoms with Gasteiger partial charge in [-0.05, 0) is 56.6 Å². The summed E-state index contributed by atoms with van der Waals surface area (Å²) < 4.78 is 22.1. The van der Waals surface area contributed by atoms with Crippen molar-refractivity contribution in [2.75, 3.05) is 25.5 Å². The largest absolute Gasteiger partial charge is 0.493 e. The Morgan fingerprint density at radius 2 is 2.03 bits per heavy atom. The third-order valence-corrected chi connectivity index (χ3v) is 7.10. The zero-order chi connectivity index (χ0) is 23.2. The standard InChI is InChI=1S/C27H28FN5O/c1-17-16-33-26(31-17)21(18-5-7-19(8-6-18)24-4-3-12-32(24)2)14-29-27(33)30-15-22-20-11-13-34-25(20)10-9-23(22)28/h5-10,14,16,24H,3-4,11-13,15H2,1-2H3,(H,29,30). The molecule has 0 aliphatic carbocycles. The van der Waals surface area contributed by atoms with E-state index in [1.807, 2.05) is 23.7 Å². The summed E-state index contributed by atoms with van der Waals surface area (Å²) in [4.78, 5) is 11.9. The Hall–Kier alpha value is -3.45. The minimum absolute atomic E-state index is 0.223. The first-order valence-corrected chi connectivity index (χ1v) is 11.9. The van der Waals surface area contributed by atoms with Crippen molar-refractivity contribution >= 4 is 11.6 Å². The van der Waals surface area contributed by atoms with E-state index < -0.39 is 0 Å². The summed E-state index contributed by atoms with van der Waals surface area (Å²) >= 11 is 0. The smallest absolute Gasteiger partial charge is 0.208 e. The predicted molar refractivity (Wildman–Crippen MR) is 131 cm³/mol. The molecule has 6 rings (SSSR count). The minimum Gasteiger partial charge on any atom is -0.493 e. The number of hydrogen-bond donors (Lipinski definition) is 1. The molecule has 0 amide bonds. The second-order valence-electron chi connectivity index (χ2n) is 9.29. The number of aryl methyl sites for hydroxylation is 1. The number of anilines is 1. The van der Waals surface area contributed by atoms with Gasteiger partial charge in [-0.1, -0.05) is 24.3 Å². The van der Waals surface area contributed by atoms with Crippen LogP contribution in [0.5, 0.6) is 5.75 Å². The summed E-state index contributed by atoms with van der Waals surface area (Å²) in [6, 6.07) is 12.5. The normalized spacial score (nSPS) is 17.8. The second kappa shape index (κ2) is 8.40. The van der Waals surface area contributed by atoms with Crippen LogP contribution in [0.25, 0.3) is 16.8 Å². The molecule has 6 nitrogen and oxygen atoms in total. The Morgan fingerprint density at radius 3 is 2.82 bits per heavy atom. The van der Waals surface area contributed by atoms with Crippen molar-refractivity contribution in [3.63, 3.8) is 0 Å². The highest BCUT2D eigenvalue weighted by Gasteiger charge is 2.23. The van der Waals surface area contributed by atoms with Crippen LogP contribution in [0, 0.1) is 12.7 Å². The summed E-state index contributed by atoms with van der Waals surface area (Å²) in [5.74, 6) is 1.19. The number of nitrogens with one attached hydrogen (secondary N) is 1. The molecule has 1 unspecified atom stereocenters. The van der Waals surface area contributed by atoms with Gasteiger partial charge in [0.1, 0.15) is 17.2 Å². The van der Waals surface area contributed by atoms with Crippen molar-refractivity contribution in [1.82, 2.24) is 19.3 Å². The summed E-state index contributed by atoms with van der Waals surface area (Å²) in [7, 11) is 2.20. The van der Waals surface area contributed by atoms with Gasteiger partial charge < -0.3 is 10.1 Å². The highest BCUT2D eigenvalue weighted by atomic mass is 19.1. The van der Waals surface area contributed by atoms with Crippen LogP contribution in [0.1, 0.15) is 41.3 Å². The number of ether oxygens (including phenoxy) is 1. The summed E-state index contributed by atoms with van der Waals surface area (Å²) in [6.45, 7) is 4.06. The molecule has 0 spiro atoms. The molecule has 2 aromatic carbocycles.